The Kier molecular flexibility index (Phi) is 3.59. The maximum atomic E-state index is 10.6. The van der Waals surface area contributed by atoms with Crippen molar-refractivity contribution in [2.45, 2.75) is 0 Å². The Hall–Kier alpha value is -0.350. The molecule has 2 nitrogen and oxygen atoms in total. The van der Waals surface area contributed by atoms with Gasteiger partial charge in [-0.05, 0) is 5.41 Å². The molecule has 0 radical (unpaired) electrons. The molecule has 0 unspecified atom stereocenters. The molecule has 0 amide bonds. The second-order valence-corrected chi connectivity index (χ2v) is 4.15. The molecule has 1 rings (SSSR count). The zero-order valence-corrected chi connectivity index (χ0v) is 7.54. The average molecular weight is 188 g/mol. The minimum Gasteiger partial charge on any atom is -0.457 e. The van der Waals surface area contributed by atoms with Crippen molar-refractivity contribution in [2.75, 3.05) is 11.7 Å². The zero-order valence-electron chi connectivity index (χ0n) is 5.91. The van der Waals surface area contributed by atoms with Crippen LogP contribution in [0.2, 0.25) is 0 Å². The van der Waals surface area contributed by atoms with E-state index < -0.39 is 0 Å². The van der Waals surface area contributed by atoms with Gasteiger partial charge in [-0.15, -0.1) is 23.5 Å². The van der Waals surface area contributed by atoms with E-state index in [0.29, 0.717) is 6.61 Å². The van der Waals surface area contributed by atoms with E-state index in [2.05, 4.69) is 6.58 Å². The first-order valence-electron chi connectivity index (χ1n) is 3.05. The van der Waals surface area contributed by atoms with Crippen LogP contribution in [0, 0.1) is 0 Å². The van der Waals surface area contributed by atoms with Crippen molar-refractivity contribution in [3.8, 4) is 0 Å². The molecular weight excluding hydrogens is 180 g/mol. The van der Waals surface area contributed by atoms with Crippen molar-refractivity contribution < 1.29 is 9.53 Å². The van der Waals surface area contributed by atoms with Crippen molar-refractivity contribution in [1.29, 1.82) is 0 Å². The largest absolute Gasteiger partial charge is 0.457 e. The highest BCUT2D eigenvalue weighted by atomic mass is 32.2. The fraction of sp³-hybridized carbons (Fsp3) is 0.286. The van der Waals surface area contributed by atoms with Crippen molar-refractivity contribution in [3.63, 3.8) is 0 Å². The van der Waals surface area contributed by atoms with Crippen molar-refractivity contribution in [3.05, 3.63) is 23.0 Å². The van der Waals surface area contributed by atoms with Gasteiger partial charge in [0.2, 0.25) is 0 Å². The summed E-state index contributed by atoms with van der Waals surface area (Å²) in [5, 5.41) is 3.04. The third-order valence-corrected chi connectivity index (χ3v) is 3.27. The van der Waals surface area contributed by atoms with Crippen LogP contribution >= 0.6 is 23.5 Å². The molecule has 0 aromatic rings. The Labute approximate surface area is 74.1 Å². The van der Waals surface area contributed by atoms with Crippen LogP contribution in [-0.2, 0) is 9.53 Å². The molecule has 0 aromatic heterocycles. The number of ether oxygens (including phenoxy) is 1. The number of carbonyl (C=O) groups is 1. The molecule has 0 fully saturated rings. The summed E-state index contributed by atoms with van der Waals surface area (Å²) in [6.45, 7) is 3.69. The summed E-state index contributed by atoms with van der Waals surface area (Å²) in [5.41, 5.74) is 0. The standard InChI is InChI=1S/C7H8O2S2/c1-2-7(8)9-3-6-4-10-5-11-6/h2,4H,1,3,5H2. The topological polar surface area (TPSA) is 26.3 Å². The molecule has 4 heteroatoms. The van der Waals surface area contributed by atoms with Crippen LogP contribution in [-0.4, -0.2) is 17.7 Å². The molecule has 1 heterocycles. The molecule has 0 saturated heterocycles. The predicted octanol–water partition coefficient (Wildman–Crippen LogP) is 1.99. The Morgan fingerprint density at radius 3 is 3.27 bits per heavy atom. The van der Waals surface area contributed by atoms with Gasteiger partial charge in [-0.2, -0.15) is 0 Å². The zero-order chi connectivity index (χ0) is 8.10. The van der Waals surface area contributed by atoms with Crippen LogP contribution < -0.4 is 0 Å². The van der Waals surface area contributed by atoms with E-state index in [9.17, 15) is 4.79 Å². The normalized spacial score (nSPS) is 15.8. The van der Waals surface area contributed by atoms with Gasteiger partial charge in [-0.25, -0.2) is 4.79 Å². The number of hydrogen-bond acceptors (Lipinski definition) is 4. The van der Waals surface area contributed by atoms with E-state index >= 15 is 0 Å². The Bertz CT molecular complexity index is 199. The monoisotopic (exact) mass is 188 g/mol. The van der Waals surface area contributed by atoms with Crippen molar-refractivity contribution in [2.24, 2.45) is 0 Å². The van der Waals surface area contributed by atoms with Crippen LogP contribution in [0.5, 0.6) is 0 Å². The molecule has 0 bridgehead atoms. The Balaban J connectivity index is 2.21. The molecule has 1 aliphatic heterocycles. The predicted molar refractivity (Wildman–Crippen MR) is 49.3 cm³/mol. The average Bonchev–Trinajstić information content (AvgIpc) is 2.52. The lowest BCUT2D eigenvalue weighted by atomic mass is 10.6. The first-order chi connectivity index (χ1) is 5.33. The summed E-state index contributed by atoms with van der Waals surface area (Å²) >= 11 is 3.43. The quantitative estimate of drug-likeness (QED) is 0.500. The van der Waals surface area contributed by atoms with Crippen molar-refractivity contribution >= 4 is 29.5 Å². The number of rotatable bonds is 3. The van der Waals surface area contributed by atoms with Crippen LogP contribution in [0.4, 0.5) is 0 Å². The number of carbonyl (C=O) groups excluding carboxylic acids is 1. The van der Waals surface area contributed by atoms with Gasteiger partial charge in [-0.1, -0.05) is 6.58 Å². The van der Waals surface area contributed by atoms with Crippen LogP contribution in [0.25, 0.3) is 0 Å². The molecule has 60 valence electrons. The molecule has 11 heavy (non-hydrogen) atoms. The van der Waals surface area contributed by atoms with Gasteiger partial charge in [0, 0.05) is 16.1 Å². The Morgan fingerprint density at radius 2 is 2.73 bits per heavy atom. The summed E-state index contributed by atoms with van der Waals surface area (Å²) in [6.07, 6.45) is 1.17. The van der Waals surface area contributed by atoms with Gasteiger partial charge in [-0.3, -0.25) is 0 Å². The molecule has 0 atom stereocenters. The first-order valence-corrected chi connectivity index (χ1v) is 5.09. The molecule has 0 spiro atoms. The van der Waals surface area contributed by atoms with E-state index in [-0.39, 0.29) is 5.97 Å². The molecule has 1 aliphatic rings. The van der Waals surface area contributed by atoms with E-state index in [1.54, 1.807) is 23.5 Å². The second-order valence-electron chi connectivity index (χ2n) is 1.82. The van der Waals surface area contributed by atoms with E-state index in [1.165, 1.54) is 6.08 Å². The third-order valence-electron chi connectivity index (χ3n) is 1.05. The second kappa shape index (κ2) is 4.51. The minimum absolute atomic E-state index is 0.358. The fourth-order valence-electron chi connectivity index (χ4n) is 0.548. The minimum atomic E-state index is -0.358. The summed E-state index contributed by atoms with van der Waals surface area (Å²) in [4.78, 5) is 11.7. The molecular formula is C7H8O2S2. The smallest absolute Gasteiger partial charge is 0.330 e. The van der Waals surface area contributed by atoms with Crippen LogP contribution in [0.3, 0.4) is 0 Å². The SMILES string of the molecule is C=CC(=O)OCC1=CSCS1. The Morgan fingerprint density at radius 1 is 1.91 bits per heavy atom. The summed E-state index contributed by atoms with van der Waals surface area (Å²) in [5.74, 6) is -0.358. The van der Waals surface area contributed by atoms with Gasteiger partial charge in [0.15, 0.2) is 0 Å². The highest BCUT2D eigenvalue weighted by Gasteiger charge is 2.06. The van der Waals surface area contributed by atoms with Gasteiger partial charge in [0.1, 0.15) is 6.61 Å². The number of esters is 1. The molecule has 0 N–H and O–H groups in total. The lowest BCUT2D eigenvalue weighted by Crippen LogP contribution is -2.01. The van der Waals surface area contributed by atoms with Crippen LogP contribution in [0.15, 0.2) is 23.0 Å². The van der Waals surface area contributed by atoms with E-state index in [0.717, 1.165) is 9.99 Å². The van der Waals surface area contributed by atoms with Crippen molar-refractivity contribution in [1.82, 2.24) is 0 Å². The molecule has 0 aromatic carbocycles. The maximum Gasteiger partial charge on any atom is 0.330 e. The first kappa shape index (κ1) is 8.74. The van der Waals surface area contributed by atoms with E-state index in [1.807, 2.05) is 5.41 Å². The molecule has 0 aliphatic carbocycles. The van der Waals surface area contributed by atoms with E-state index in [4.69, 9.17) is 4.74 Å². The summed E-state index contributed by atoms with van der Waals surface area (Å²) in [6, 6.07) is 0. The number of thioether (sulfide) groups is 2. The molecule has 0 saturated carbocycles. The van der Waals surface area contributed by atoms with Gasteiger partial charge >= 0.3 is 5.97 Å². The highest BCUT2D eigenvalue weighted by molar-refractivity contribution is 8.22. The van der Waals surface area contributed by atoms with Gasteiger partial charge < -0.3 is 4.74 Å². The van der Waals surface area contributed by atoms with Crippen LogP contribution in [0.1, 0.15) is 0 Å². The fourth-order valence-corrected chi connectivity index (χ4v) is 2.57. The summed E-state index contributed by atoms with van der Waals surface area (Å²) in [7, 11) is 0. The summed E-state index contributed by atoms with van der Waals surface area (Å²) < 4.78 is 4.82. The maximum absolute atomic E-state index is 10.6. The lowest BCUT2D eigenvalue weighted by molar-refractivity contribution is -0.136. The lowest BCUT2D eigenvalue weighted by Gasteiger charge is -1.99. The van der Waals surface area contributed by atoms with Gasteiger partial charge in [0.25, 0.3) is 0 Å². The third kappa shape index (κ3) is 3.03. The number of hydrogen-bond donors (Lipinski definition) is 0. The highest BCUT2D eigenvalue weighted by Crippen LogP contribution is 2.31. The van der Waals surface area contributed by atoms with Gasteiger partial charge in [0.05, 0.1) is 0 Å².